The monoisotopic (exact) mass is 341 g/mol. The third-order valence-electron chi connectivity index (χ3n) is 4.06. The second-order valence-electron chi connectivity index (χ2n) is 7.14. The fraction of sp³-hybridized carbons (Fsp3) is 0.316. The topological polar surface area (TPSA) is 89.5 Å². The van der Waals surface area contributed by atoms with Crippen molar-refractivity contribution in [3.63, 3.8) is 0 Å². The molecule has 0 aliphatic carbocycles. The van der Waals surface area contributed by atoms with Crippen molar-refractivity contribution < 1.29 is 9.72 Å². The van der Waals surface area contributed by atoms with Crippen LogP contribution in [0.4, 0.5) is 11.4 Å². The summed E-state index contributed by atoms with van der Waals surface area (Å²) in [5, 5.41) is 11.0. The van der Waals surface area contributed by atoms with Gasteiger partial charge in [-0.2, -0.15) is 0 Å². The maximum absolute atomic E-state index is 12.5. The van der Waals surface area contributed by atoms with Crippen molar-refractivity contribution in [1.29, 1.82) is 0 Å². The zero-order chi connectivity index (χ0) is 18.8. The van der Waals surface area contributed by atoms with Crippen molar-refractivity contribution in [2.24, 2.45) is 0 Å². The fourth-order valence-electron chi connectivity index (χ4n) is 2.51. The molecule has 2 N–H and O–H groups in total. The van der Waals surface area contributed by atoms with Gasteiger partial charge >= 0.3 is 0 Å². The Balaban J connectivity index is 2.15. The van der Waals surface area contributed by atoms with Crippen LogP contribution in [-0.4, -0.2) is 22.8 Å². The number of nitro benzene ring substituents is 1. The number of carbonyl (C=O) groups excluding carboxylic acids is 1. The Labute approximate surface area is 147 Å². The predicted molar refractivity (Wildman–Crippen MR) is 98.4 cm³/mol. The van der Waals surface area contributed by atoms with E-state index in [1.807, 2.05) is 12.1 Å². The lowest BCUT2D eigenvalue weighted by atomic mass is 9.87. The van der Waals surface area contributed by atoms with Gasteiger partial charge in [0.2, 0.25) is 0 Å². The molecule has 25 heavy (non-hydrogen) atoms. The molecule has 1 amide bonds. The summed E-state index contributed by atoms with van der Waals surface area (Å²) in [6.45, 7) is 6.85. The Bertz CT molecular complexity index is 793. The van der Waals surface area contributed by atoms with Gasteiger partial charge in [0, 0.05) is 25.2 Å². The molecule has 0 saturated heterocycles. The van der Waals surface area contributed by atoms with Crippen LogP contribution in [0.15, 0.2) is 42.5 Å². The van der Waals surface area contributed by atoms with Crippen LogP contribution in [0.5, 0.6) is 0 Å². The molecule has 0 bridgehead atoms. The van der Waals surface area contributed by atoms with Gasteiger partial charge in [-0.05, 0) is 28.7 Å². The van der Waals surface area contributed by atoms with E-state index in [0.717, 1.165) is 5.56 Å². The molecule has 0 aliphatic rings. The van der Waals surface area contributed by atoms with E-state index in [4.69, 9.17) is 5.73 Å². The van der Waals surface area contributed by atoms with Gasteiger partial charge in [-0.15, -0.1) is 0 Å². The van der Waals surface area contributed by atoms with Gasteiger partial charge in [0.1, 0.15) is 5.69 Å². The normalized spacial score (nSPS) is 11.2. The molecule has 0 atom stereocenters. The quantitative estimate of drug-likeness (QED) is 0.521. The van der Waals surface area contributed by atoms with Crippen molar-refractivity contribution in [3.8, 4) is 0 Å². The van der Waals surface area contributed by atoms with Crippen molar-refractivity contribution in [2.45, 2.75) is 32.7 Å². The standard InChI is InChI=1S/C19H23N3O3/c1-19(2,3)15-8-5-13(6-9-15)12-21(4)18(23)14-7-10-16(20)17(11-14)22(24)25/h5-11H,12,20H2,1-4H3. The fourth-order valence-corrected chi connectivity index (χ4v) is 2.51. The first kappa shape index (κ1) is 18.4. The molecule has 0 aliphatic heterocycles. The average molecular weight is 341 g/mol. The smallest absolute Gasteiger partial charge is 0.292 e. The minimum atomic E-state index is -0.586. The molecule has 0 heterocycles. The highest BCUT2D eigenvalue weighted by Crippen LogP contribution is 2.24. The summed E-state index contributed by atoms with van der Waals surface area (Å²) in [4.78, 5) is 24.4. The molecular weight excluding hydrogens is 318 g/mol. The molecule has 0 radical (unpaired) electrons. The van der Waals surface area contributed by atoms with E-state index in [0.29, 0.717) is 6.54 Å². The van der Waals surface area contributed by atoms with E-state index in [2.05, 4.69) is 32.9 Å². The Morgan fingerprint density at radius 2 is 1.76 bits per heavy atom. The SMILES string of the molecule is CN(Cc1ccc(C(C)(C)C)cc1)C(=O)c1ccc(N)c([N+](=O)[O-])c1. The molecule has 6 nitrogen and oxygen atoms in total. The van der Waals surface area contributed by atoms with Crippen LogP contribution >= 0.6 is 0 Å². The molecule has 0 aromatic heterocycles. The van der Waals surface area contributed by atoms with Gasteiger partial charge in [0.05, 0.1) is 4.92 Å². The molecule has 2 rings (SSSR count). The number of nitrogen functional groups attached to an aromatic ring is 1. The Hall–Kier alpha value is -2.89. The predicted octanol–water partition coefficient (Wildman–Crippen LogP) is 3.75. The van der Waals surface area contributed by atoms with E-state index < -0.39 is 4.92 Å². The van der Waals surface area contributed by atoms with Crippen molar-refractivity contribution in [3.05, 3.63) is 69.3 Å². The molecule has 0 unspecified atom stereocenters. The maximum atomic E-state index is 12.5. The molecule has 0 fully saturated rings. The van der Waals surface area contributed by atoms with Gasteiger partial charge in [0.15, 0.2) is 0 Å². The first-order chi connectivity index (χ1) is 11.6. The van der Waals surface area contributed by atoms with Crippen LogP contribution < -0.4 is 5.73 Å². The van der Waals surface area contributed by atoms with Crippen LogP contribution in [0.2, 0.25) is 0 Å². The average Bonchev–Trinajstić information content (AvgIpc) is 2.54. The van der Waals surface area contributed by atoms with Gasteiger partial charge in [0.25, 0.3) is 11.6 Å². The molecule has 132 valence electrons. The first-order valence-corrected chi connectivity index (χ1v) is 7.98. The highest BCUT2D eigenvalue weighted by molar-refractivity contribution is 5.95. The number of nitro groups is 1. The summed E-state index contributed by atoms with van der Waals surface area (Å²) in [5.41, 5.74) is 7.89. The van der Waals surface area contributed by atoms with Gasteiger partial charge in [-0.3, -0.25) is 14.9 Å². The van der Waals surface area contributed by atoms with Crippen LogP contribution in [0.25, 0.3) is 0 Å². The number of amides is 1. The lowest BCUT2D eigenvalue weighted by Gasteiger charge is -2.21. The largest absolute Gasteiger partial charge is 0.393 e. The Morgan fingerprint density at radius 1 is 1.16 bits per heavy atom. The number of hydrogen-bond acceptors (Lipinski definition) is 4. The molecule has 0 saturated carbocycles. The second kappa shape index (κ2) is 6.93. The molecule has 6 heteroatoms. The third kappa shape index (κ3) is 4.35. The van der Waals surface area contributed by atoms with Crippen molar-refractivity contribution >= 4 is 17.3 Å². The van der Waals surface area contributed by atoms with Crippen LogP contribution in [-0.2, 0) is 12.0 Å². The molecule has 0 spiro atoms. The van der Waals surface area contributed by atoms with Gasteiger partial charge < -0.3 is 10.6 Å². The zero-order valence-electron chi connectivity index (χ0n) is 14.9. The highest BCUT2D eigenvalue weighted by Gasteiger charge is 2.19. The lowest BCUT2D eigenvalue weighted by Crippen LogP contribution is -2.26. The number of hydrogen-bond donors (Lipinski definition) is 1. The van der Waals surface area contributed by atoms with Crippen LogP contribution in [0.1, 0.15) is 42.3 Å². The second-order valence-corrected chi connectivity index (χ2v) is 7.14. The Morgan fingerprint density at radius 3 is 2.28 bits per heavy atom. The lowest BCUT2D eigenvalue weighted by molar-refractivity contribution is -0.383. The minimum absolute atomic E-state index is 0.0435. The summed E-state index contributed by atoms with van der Waals surface area (Å²) in [6, 6.07) is 12.2. The number of nitrogens with two attached hydrogens (primary N) is 1. The first-order valence-electron chi connectivity index (χ1n) is 7.98. The minimum Gasteiger partial charge on any atom is -0.393 e. The summed E-state index contributed by atoms with van der Waals surface area (Å²) >= 11 is 0. The van der Waals surface area contributed by atoms with Crippen LogP contribution in [0.3, 0.4) is 0 Å². The summed E-state index contributed by atoms with van der Waals surface area (Å²) in [7, 11) is 1.67. The number of nitrogens with zero attached hydrogens (tertiary/aromatic N) is 2. The van der Waals surface area contributed by atoms with E-state index >= 15 is 0 Å². The van der Waals surface area contributed by atoms with Gasteiger partial charge in [-0.1, -0.05) is 45.0 Å². The maximum Gasteiger partial charge on any atom is 0.292 e. The molecule has 2 aromatic rings. The highest BCUT2D eigenvalue weighted by atomic mass is 16.6. The number of benzene rings is 2. The Kier molecular flexibility index (Phi) is 5.11. The zero-order valence-corrected chi connectivity index (χ0v) is 14.9. The molecular formula is C19H23N3O3. The third-order valence-corrected chi connectivity index (χ3v) is 4.06. The number of carbonyl (C=O) groups is 1. The van der Waals surface area contributed by atoms with E-state index in [9.17, 15) is 14.9 Å². The summed E-state index contributed by atoms with van der Waals surface area (Å²) < 4.78 is 0. The van der Waals surface area contributed by atoms with Crippen molar-refractivity contribution in [1.82, 2.24) is 4.90 Å². The van der Waals surface area contributed by atoms with Crippen molar-refractivity contribution in [2.75, 3.05) is 12.8 Å². The van der Waals surface area contributed by atoms with Crippen LogP contribution in [0, 0.1) is 10.1 Å². The number of rotatable bonds is 4. The summed E-state index contributed by atoms with van der Waals surface area (Å²) in [5.74, 6) is -0.289. The van der Waals surface area contributed by atoms with E-state index in [1.165, 1.54) is 28.7 Å². The van der Waals surface area contributed by atoms with E-state index in [-0.39, 0.29) is 28.3 Å². The van der Waals surface area contributed by atoms with E-state index in [1.54, 1.807) is 7.05 Å². The number of anilines is 1. The summed E-state index contributed by atoms with van der Waals surface area (Å²) in [6.07, 6.45) is 0. The molecule has 2 aromatic carbocycles. The van der Waals surface area contributed by atoms with Gasteiger partial charge in [-0.25, -0.2) is 0 Å².